The third-order valence-corrected chi connectivity index (χ3v) is 5.63. The number of amides is 1. The second-order valence-corrected chi connectivity index (χ2v) is 7.56. The molecule has 1 saturated heterocycles. The van der Waals surface area contributed by atoms with Crippen LogP contribution in [-0.4, -0.2) is 51.8 Å². The van der Waals surface area contributed by atoms with Crippen molar-refractivity contribution in [1.82, 2.24) is 14.5 Å². The number of piperidine rings is 1. The number of thioether (sulfide) groups is 1. The molecule has 0 saturated carbocycles. The number of nitrogens with zero attached hydrogens (tertiary/aromatic N) is 3. The molecular weight excluding hydrogens is 362 g/mol. The molecule has 2 heterocycles. The molecule has 1 fully saturated rings. The zero-order valence-electron chi connectivity index (χ0n) is 15.8. The van der Waals surface area contributed by atoms with E-state index in [2.05, 4.69) is 24.0 Å². The topological polar surface area (TPSA) is 64.4 Å². The molecular formula is C20H25N3O3S. The molecule has 1 aromatic heterocycles. The van der Waals surface area contributed by atoms with E-state index in [0.717, 1.165) is 10.8 Å². The number of esters is 1. The summed E-state index contributed by atoms with van der Waals surface area (Å²) < 4.78 is 7.08. The standard InChI is InChI=1S/C20H25N3O3S/c1-3-26-19(25)16-7-10-22(11-8-16)18(24)14-27-20-21-9-12-23(20)17-6-4-5-15(2)13-17/h4-6,9,12-13,16H,3,7-8,10-11,14H2,1-2H3. The van der Waals surface area contributed by atoms with Gasteiger partial charge >= 0.3 is 5.97 Å². The largest absolute Gasteiger partial charge is 0.466 e. The lowest BCUT2D eigenvalue weighted by Gasteiger charge is -2.30. The van der Waals surface area contributed by atoms with Crippen molar-refractivity contribution in [2.45, 2.75) is 31.8 Å². The third kappa shape index (κ3) is 4.91. The van der Waals surface area contributed by atoms with Crippen molar-refractivity contribution in [2.75, 3.05) is 25.4 Å². The molecule has 0 atom stereocenters. The molecule has 0 spiro atoms. The number of ether oxygens (including phenoxy) is 1. The van der Waals surface area contributed by atoms with E-state index in [9.17, 15) is 9.59 Å². The molecule has 144 valence electrons. The van der Waals surface area contributed by atoms with Gasteiger partial charge in [-0.05, 0) is 44.4 Å². The first kappa shape index (κ1) is 19.5. The zero-order chi connectivity index (χ0) is 19.2. The lowest BCUT2D eigenvalue weighted by molar-refractivity contribution is -0.151. The molecule has 1 amide bonds. The molecule has 0 radical (unpaired) electrons. The molecule has 0 unspecified atom stereocenters. The summed E-state index contributed by atoms with van der Waals surface area (Å²) in [7, 11) is 0. The van der Waals surface area contributed by atoms with Gasteiger partial charge in [-0.2, -0.15) is 0 Å². The summed E-state index contributed by atoms with van der Waals surface area (Å²) in [5, 5.41) is 0.801. The smallest absolute Gasteiger partial charge is 0.309 e. The fourth-order valence-corrected chi connectivity index (χ4v) is 4.09. The van der Waals surface area contributed by atoms with Crippen molar-refractivity contribution in [3.05, 3.63) is 42.2 Å². The Morgan fingerprint density at radius 2 is 2.07 bits per heavy atom. The number of rotatable bonds is 6. The predicted octanol–water partition coefficient (Wildman–Crippen LogP) is 3.07. The third-order valence-electron chi connectivity index (χ3n) is 4.68. The summed E-state index contributed by atoms with van der Waals surface area (Å²) in [5.41, 5.74) is 2.22. The normalized spacial score (nSPS) is 15.0. The van der Waals surface area contributed by atoms with E-state index in [1.165, 1.54) is 17.3 Å². The second-order valence-electron chi connectivity index (χ2n) is 6.61. The Balaban J connectivity index is 1.54. The minimum absolute atomic E-state index is 0.0816. The maximum absolute atomic E-state index is 12.5. The van der Waals surface area contributed by atoms with Gasteiger partial charge in [-0.25, -0.2) is 4.98 Å². The summed E-state index contributed by atoms with van der Waals surface area (Å²) in [4.78, 5) is 30.6. The summed E-state index contributed by atoms with van der Waals surface area (Å²) in [6.45, 7) is 5.48. The quantitative estimate of drug-likeness (QED) is 0.563. The number of aryl methyl sites for hydroxylation is 1. The van der Waals surface area contributed by atoms with Crippen LogP contribution in [-0.2, 0) is 14.3 Å². The first-order valence-electron chi connectivity index (χ1n) is 9.26. The van der Waals surface area contributed by atoms with E-state index in [-0.39, 0.29) is 17.8 Å². The van der Waals surface area contributed by atoms with Gasteiger partial charge in [-0.3, -0.25) is 14.2 Å². The van der Waals surface area contributed by atoms with E-state index in [1.54, 1.807) is 6.20 Å². The van der Waals surface area contributed by atoms with E-state index < -0.39 is 0 Å². The van der Waals surface area contributed by atoms with E-state index >= 15 is 0 Å². The molecule has 1 aliphatic rings. The molecule has 6 nitrogen and oxygen atoms in total. The van der Waals surface area contributed by atoms with Crippen LogP contribution in [0.4, 0.5) is 0 Å². The fourth-order valence-electron chi connectivity index (χ4n) is 3.21. The van der Waals surface area contributed by atoms with Gasteiger partial charge in [0.05, 0.1) is 18.3 Å². The Bertz CT molecular complexity index is 797. The van der Waals surface area contributed by atoms with E-state index in [0.29, 0.717) is 38.3 Å². The minimum atomic E-state index is -0.140. The van der Waals surface area contributed by atoms with Gasteiger partial charge in [0.1, 0.15) is 0 Å². The summed E-state index contributed by atoms with van der Waals surface area (Å²) >= 11 is 1.44. The summed E-state index contributed by atoms with van der Waals surface area (Å²) in [5.74, 6) is 0.203. The minimum Gasteiger partial charge on any atom is -0.466 e. The van der Waals surface area contributed by atoms with Gasteiger partial charge in [0.25, 0.3) is 0 Å². The van der Waals surface area contributed by atoms with Crippen LogP contribution in [0, 0.1) is 12.8 Å². The van der Waals surface area contributed by atoms with E-state index in [1.807, 2.05) is 34.7 Å². The van der Waals surface area contributed by atoms with Gasteiger partial charge in [-0.1, -0.05) is 23.9 Å². The summed E-state index contributed by atoms with van der Waals surface area (Å²) in [6, 6.07) is 8.18. The molecule has 0 aliphatic carbocycles. The molecule has 1 aliphatic heterocycles. The van der Waals surface area contributed by atoms with Gasteiger partial charge < -0.3 is 9.64 Å². The van der Waals surface area contributed by atoms with Crippen molar-refractivity contribution in [2.24, 2.45) is 5.92 Å². The highest BCUT2D eigenvalue weighted by Crippen LogP contribution is 2.23. The van der Waals surface area contributed by atoms with Crippen LogP contribution in [0.5, 0.6) is 0 Å². The number of carbonyl (C=O) groups is 2. The van der Waals surface area contributed by atoms with Crippen molar-refractivity contribution >= 4 is 23.6 Å². The fraction of sp³-hybridized carbons (Fsp3) is 0.450. The highest BCUT2D eigenvalue weighted by molar-refractivity contribution is 7.99. The molecule has 27 heavy (non-hydrogen) atoms. The maximum atomic E-state index is 12.5. The summed E-state index contributed by atoms with van der Waals surface area (Å²) in [6.07, 6.45) is 5.01. The average molecular weight is 388 g/mol. The highest BCUT2D eigenvalue weighted by Gasteiger charge is 2.28. The van der Waals surface area contributed by atoms with Crippen molar-refractivity contribution in [3.63, 3.8) is 0 Å². The van der Waals surface area contributed by atoms with Gasteiger partial charge in [0, 0.05) is 31.2 Å². The Labute approximate surface area is 163 Å². The Hall–Kier alpha value is -2.28. The maximum Gasteiger partial charge on any atom is 0.309 e. The lowest BCUT2D eigenvalue weighted by atomic mass is 9.97. The number of aromatic nitrogens is 2. The number of benzene rings is 1. The molecule has 2 aromatic rings. The predicted molar refractivity (Wildman–Crippen MR) is 105 cm³/mol. The van der Waals surface area contributed by atoms with Crippen LogP contribution in [0.3, 0.4) is 0 Å². The lowest BCUT2D eigenvalue weighted by Crippen LogP contribution is -2.41. The van der Waals surface area contributed by atoms with Crippen LogP contribution in [0.15, 0.2) is 41.8 Å². The van der Waals surface area contributed by atoms with Crippen LogP contribution in [0.2, 0.25) is 0 Å². The second kappa shape index (κ2) is 9.08. The van der Waals surface area contributed by atoms with Gasteiger partial charge in [-0.15, -0.1) is 0 Å². The highest BCUT2D eigenvalue weighted by atomic mass is 32.2. The molecule has 3 rings (SSSR count). The van der Waals surface area contributed by atoms with Crippen LogP contribution in [0.25, 0.3) is 5.69 Å². The number of imidazole rings is 1. The molecule has 0 bridgehead atoms. The van der Waals surface area contributed by atoms with Crippen molar-refractivity contribution in [3.8, 4) is 5.69 Å². The molecule has 0 N–H and O–H groups in total. The van der Waals surface area contributed by atoms with Gasteiger partial charge in [0.15, 0.2) is 5.16 Å². The Morgan fingerprint density at radius 1 is 1.30 bits per heavy atom. The monoisotopic (exact) mass is 387 g/mol. The van der Waals surface area contributed by atoms with Gasteiger partial charge in [0.2, 0.25) is 5.91 Å². The van der Waals surface area contributed by atoms with Crippen LogP contribution < -0.4 is 0 Å². The number of likely N-dealkylation sites (tertiary alicyclic amines) is 1. The van der Waals surface area contributed by atoms with E-state index in [4.69, 9.17) is 4.74 Å². The number of carbonyl (C=O) groups excluding carboxylic acids is 2. The van der Waals surface area contributed by atoms with Crippen LogP contribution >= 0.6 is 11.8 Å². The van der Waals surface area contributed by atoms with Crippen molar-refractivity contribution < 1.29 is 14.3 Å². The average Bonchev–Trinajstić information content (AvgIpc) is 3.15. The molecule has 7 heteroatoms. The van der Waals surface area contributed by atoms with Crippen LogP contribution in [0.1, 0.15) is 25.3 Å². The number of hydrogen-bond acceptors (Lipinski definition) is 5. The Kier molecular flexibility index (Phi) is 6.55. The first-order valence-corrected chi connectivity index (χ1v) is 10.2. The van der Waals surface area contributed by atoms with Crippen molar-refractivity contribution in [1.29, 1.82) is 0 Å². The SMILES string of the molecule is CCOC(=O)C1CCN(C(=O)CSc2nccn2-c2cccc(C)c2)CC1. The number of hydrogen-bond donors (Lipinski definition) is 0. The zero-order valence-corrected chi connectivity index (χ0v) is 16.6. The Morgan fingerprint density at radius 3 is 2.78 bits per heavy atom. The molecule has 1 aromatic carbocycles. The first-order chi connectivity index (χ1) is 13.1.